The summed E-state index contributed by atoms with van der Waals surface area (Å²) in [7, 11) is 1.56. The minimum Gasteiger partial charge on any atom is -0.377 e. The van der Waals surface area contributed by atoms with Crippen molar-refractivity contribution in [2.75, 3.05) is 13.7 Å². The van der Waals surface area contributed by atoms with Gasteiger partial charge >= 0.3 is 0 Å². The maximum atomic E-state index is 9.34. The lowest BCUT2D eigenvalue weighted by atomic mass is 9.96. The number of aromatic nitrogens is 2. The molecule has 2 aliphatic rings. The predicted octanol–water partition coefficient (Wildman–Crippen LogP) is 5.42. The van der Waals surface area contributed by atoms with Gasteiger partial charge in [-0.1, -0.05) is 58.8 Å². The van der Waals surface area contributed by atoms with E-state index in [2.05, 4.69) is 20.0 Å². The van der Waals surface area contributed by atoms with Crippen LogP contribution < -0.4 is 0 Å². The van der Waals surface area contributed by atoms with Gasteiger partial charge in [-0.15, -0.1) is 0 Å². The molecular formula is C24H22ClN5O4S. The SMILES string of the molecule is COC1[C@@H](Sc2cc(Cl)cnc2-c2cccnc2)OC2COC(c3ccccc3)O[C@@H]2[C@@H]1N=[N+]=[N-]. The molecule has 0 aliphatic carbocycles. The van der Waals surface area contributed by atoms with Crippen LogP contribution in [0.3, 0.4) is 0 Å². The quantitative estimate of drug-likeness (QED) is 0.246. The number of benzene rings is 1. The number of pyridine rings is 2. The Bertz CT molecular complexity index is 1200. The molecule has 35 heavy (non-hydrogen) atoms. The lowest BCUT2D eigenvalue weighted by Crippen LogP contribution is -2.60. The second-order valence-electron chi connectivity index (χ2n) is 7.98. The molecule has 3 unspecified atom stereocenters. The molecule has 5 rings (SSSR count). The maximum absolute atomic E-state index is 9.34. The van der Waals surface area contributed by atoms with Gasteiger partial charge in [0.15, 0.2) is 6.29 Å². The summed E-state index contributed by atoms with van der Waals surface area (Å²) in [5.41, 5.74) is 11.2. The summed E-state index contributed by atoms with van der Waals surface area (Å²) in [5, 5.41) is 4.56. The highest BCUT2D eigenvalue weighted by Crippen LogP contribution is 2.43. The third-order valence-electron chi connectivity index (χ3n) is 5.84. The first-order valence-electron chi connectivity index (χ1n) is 10.9. The fraction of sp³-hybridized carbons (Fsp3) is 0.333. The molecule has 2 saturated heterocycles. The average molecular weight is 512 g/mol. The Kier molecular flexibility index (Phi) is 7.50. The smallest absolute Gasteiger partial charge is 0.184 e. The summed E-state index contributed by atoms with van der Waals surface area (Å²) in [6, 6.07) is 14.6. The van der Waals surface area contributed by atoms with Crippen molar-refractivity contribution in [1.29, 1.82) is 0 Å². The van der Waals surface area contributed by atoms with Crippen molar-refractivity contribution in [3.63, 3.8) is 0 Å². The van der Waals surface area contributed by atoms with Crippen LogP contribution in [-0.2, 0) is 18.9 Å². The van der Waals surface area contributed by atoms with Gasteiger partial charge in [0.2, 0.25) is 0 Å². The van der Waals surface area contributed by atoms with Crippen LogP contribution in [0.1, 0.15) is 11.9 Å². The van der Waals surface area contributed by atoms with E-state index in [9.17, 15) is 5.53 Å². The van der Waals surface area contributed by atoms with Gasteiger partial charge in [0.05, 0.1) is 23.4 Å². The Morgan fingerprint density at radius 1 is 1.17 bits per heavy atom. The number of nitrogens with zero attached hydrogens (tertiary/aromatic N) is 5. The van der Waals surface area contributed by atoms with Crippen LogP contribution in [0.5, 0.6) is 0 Å². The number of hydrogen-bond donors (Lipinski definition) is 0. The molecule has 4 heterocycles. The molecule has 2 fully saturated rings. The lowest BCUT2D eigenvalue weighted by Gasteiger charge is -2.47. The van der Waals surface area contributed by atoms with E-state index in [0.29, 0.717) is 10.7 Å². The minimum absolute atomic E-state index is 0.276. The number of rotatable bonds is 6. The third-order valence-corrected chi connectivity index (χ3v) is 7.22. The van der Waals surface area contributed by atoms with Gasteiger partial charge in [-0.25, -0.2) is 0 Å². The van der Waals surface area contributed by atoms with E-state index >= 15 is 0 Å². The Hall–Kier alpha value is -2.69. The standard InChI is InChI=1S/C24H22ClN5O4S/c1-31-22-20(29-30-26)21-17(13-32-23(34-21)14-6-3-2-4-7-14)33-24(22)35-18-10-16(25)12-28-19(18)15-8-5-9-27-11-15/h2-12,17,20-24H,13H2,1H3/t17?,20-,21-,22?,23?,24+/m0/s1. The molecule has 0 radical (unpaired) electrons. The van der Waals surface area contributed by atoms with Gasteiger partial charge in [0.1, 0.15) is 23.7 Å². The molecule has 0 spiro atoms. The molecule has 9 nitrogen and oxygen atoms in total. The van der Waals surface area contributed by atoms with Crippen molar-refractivity contribution in [1.82, 2.24) is 9.97 Å². The first-order chi connectivity index (χ1) is 17.2. The van der Waals surface area contributed by atoms with Gasteiger partial charge in [-0.3, -0.25) is 9.97 Å². The van der Waals surface area contributed by atoms with Crippen LogP contribution in [0, 0.1) is 0 Å². The van der Waals surface area contributed by atoms with E-state index in [0.717, 1.165) is 16.0 Å². The molecule has 0 N–H and O–H groups in total. The Morgan fingerprint density at radius 3 is 2.77 bits per heavy atom. The van der Waals surface area contributed by atoms with Crippen LogP contribution in [0.4, 0.5) is 0 Å². The van der Waals surface area contributed by atoms with Gasteiger partial charge in [-0.05, 0) is 23.7 Å². The van der Waals surface area contributed by atoms with E-state index in [1.54, 1.807) is 25.7 Å². The van der Waals surface area contributed by atoms with E-state index in [1.165, 1.54) is 11.8 Å². The van der Waals surface area contributed by atoms with Gasteiger partial charge < -0.3 is 18.9 Å². The first kappa shape index (κ1) is 24.0. The summed E-state index contributed by atoms with van der Waals surface area (Å²) in [4.78, 5) is 12.6. The van der Waals surface area contributed by atoms with Crippen molar-refractivity contribution in [2.24, 2.45) is 5.11 Å². The van der Waals surface area contributed by atoms with Crippen molar-refractivity contribution in [3.8, 4) is 11.3 Å². The topological polar surface area (TPSA) is 111 Å². The zero-order valence-electron chi connectivity index (χ0n) is 18.7. The van der Waals surface area contributed by atoms with Crippen LogP contribution in [0.2, 0.25) is 5.02 Å². The van der Waals surface area contributed by atoms with E-state index in [4.69, 9.17) is 30.5 Å². The summed E-state index contributed by atoms with van der Waals surface area (Å²) < 4.78 is 24.4. The maximum Gasteiger partial charge on any atom is 0.184 e. The van der Waals surface area contributed by atoms with E-state index < -0.39 is 36.1 Å². The molecular weight excluding hydrogens is 490 g/mol. The second-order valence-corrected chi connectivity index (χ2v) is 9.55. The number of ether oxygens (including phenoxy) is 4. The minimum atomic E-state index is -0.634. The van der Waals surface area contributed by atoms with E-state index in [-0.39, 0.29) is 6.61 Å². The lowest BCUT2D eigenvalue weighted by molar-refractivity contribution is -0.298. The fourth-order valence-corrected chi connectivity index (χ4v) is 5.79. The zero-order chi connectivity index (χ0) is 24.2. The summed E-state index contributed by atoms with van der Waals surface area (Å²) >= 11 is 7.68. The van der Waals surface area contributed by atoms with Gasteiger partial charge in [-0.2, -0.15) is 0 Å². The predicted molar refractivity (Wildman–Crippen MR) is 131 cm³/mol. The molecule has 0 bridgehead atoms. The molecule has 0 saturated carbocycles. The summed E-state index contributed by atoms with van der Waals surface area (Å²) in [6.45, 7) is 0.276. The van der Waals surface area contributed by atoms with Crippen molar-refractivity contribution < 1.29 is 18.9 Å². The molecule has 11 heteroatoms. The van der Waals surface area contributed by atoms with Crippen molar-refractivity contribution in [2.45, 2.75) is 41.0 Å². The third kappa shape index (κ3) is 5.14. The summed E-state index contributed by atoms with van der Waals surface area (Å²) in [5.74, 6) is 0. The van der Waals surface area contributed by atoms with E-state index in [1.807, 2.05) is 48.5 Å². The fourth-order valence-electron chi connectivity index (χ4n) is 4.24. The molecule has 3 aromatic rings. The highest BCUT2D eigenvalue weighted by atomic mass is 35.5. The number of thioether (sulfide) groups is 1. The normalized spacial score (nSPS) is 28.1. The molecule has 180 valence electrons. The Morgan fingerprint density at radius 2 is 2.03 bits per heavy atom. The van der Waals surface area contributed by atoms with Gasteiger partial charge in [0.25, 0.3) is 0 Å². The zero-order valence-corrected chi connectivity index (χ0v) is 20.2. The molecule has 1 aromatic carbocycles. The van der Waals surface area contributed by atoms with Gasteiger partial charge in [0, 0.05) is 46.6 Å². The number of azide groups is 1. The highest BCUT2D eigenvalue weighted by molar-refractivity contribution is 8.00. The Balaban J connectivity index is 1.44. The number of fused-ring (bicyclic) bond motifs is 1. The van der Waals surface area contributed by atoms with Crippen LogP contribution in [0.25, 0.3) is 21.7 Å². The number of halogens is 1. The van der Waals surface area contributed by atoms with Crippen LogP contribution >= 0.6 is 23.4 Å². The molecule has 6 atom stereocenters. The monoisotopic (exact) mass is 511 g/mol. The number of hydrogen-bond acceptors (Lipinski definition) is 8. The van der Waals surface area contributed by atoms with Crippen LogP contribution in [-0.4, -0.2) is 53.5 Å². The first-order valence-corrected chi connectivity index (χ1v) is 12.2. The summed E-state index contributed by atoms with van der Waals surface area (Å²) in [6.07, 6.45) is 2.86. The largest absolute Gasteiger partial charge is 0.377 e. The van der Waals surface area contributed by atoms with Crippen LogP contribution in [0.15, 0.2) is 77.1 Å². The van der Waals surface area contributed by atoms with Crippen molar-refractivity contribution >= 4 is 23.4 Å². The number of methoxy groups -OCH3 is 1. The molecule has 2 aromatic heterocycles. The molecule has 0 amide bonds. The van der Waals surface area contributed by atoms with Crippen molar-refractivity contribution in [3.05, 3.63) is 88.2 Å². The second kappa shape index (κ2) is 10.9. The highest BCUT2D eigenvalue weighted by Gasteiger charge is 2.50. The average Bonchev–Trinajstić information content (AvgIpc) is 2.90. The molecule has 2 aliphatic heterocycles. The Labute approximate surface area is 211 Å².